The van der Waals surface area contributed by atoms with Gasteiger partial charge in [-0.2, -0.15) is 0 Å². The highest BCUT2D eigenvalue weighted by Gasteiger charge is 2.17. The molecule has 31 heavy (non-hydrogen) atoms. The summed E-state index contributed by atoms with van der Waals surface area (Å²) in [5.41, 5.74) is 1.69. The number of hydrogen-bond acceptors (Lipinski definition) is 5. The van der Waals surface area contributed by atoms with Crippen molar-refractivity contribution in [3.63, 3.8) is 0 Å². The first-order valence-electron chi connectivity index (χ1n) is 10.2. The fraction of sp³-hybridized carbons (Fsp3) is 0.261. The van der Waals surface area contributed by atoms with Gasteiger partial charge in [-0.25, -0.2) is 4.98 Å². The molecule has 1 aliphatic rings. The molecule has 2 heterocycles. The largest absolute Gasteiger partial charge is 0.318 e. The molecule has 0 fully saturated rings. The number of nitrogens with one attached hydrogen (secondary N) is 2. The predicted octanol–water partition coefficient (Wildman–Crippen LogP) is 2.90. The number of aromatic nitrogens is 2. The van der Waals surface area contributed by atoms with E-state index in [1.165, 1.54) is 6.92 Å². The first-order valence-corrected chi connectivity index (χ1v) is 10.2. The van der Waals surface area contributed by atoms with E-state index in [1.54, 1.807) is 47.0 Å². The molecular formula is C23H22N4O4. The van der Waals surface area contributed by atoms with Gasteiger partial charge in [0.05, 0.1) is 10.9 Å². The van der Waals surface area contributed by atoms with Crippen molar-refractivity contribution < 1.29 is 14.4 Å². The van der Waals surface area contributed by atoms with Gasteiger partial charge in [0.1, 0.15) is 5.82 Å². The van der Waals surface area contributed by atoms with Crippen LogP contribution in [0.2, 0.25) is 0 Å². The third kappa shape index (κ3) is 4.37. The van der Waals surface area contributed by atoms with Gasteiger partial charge in [0.15, 0.2) is 5.78 Å². The second-order valence-electron chi connectivity index (χ2n) is 7.57. The Balaban J connectivity index is 1.51. The summed E-state index contributed by atoms with van der Waals surface area (Å²) in [5, 5.41) is 5.41. The van der Waals surface area contributed by atoms with E-state index in [2.05, 4.69) is 15.6 Å². The van der Waals surface area contributed by atoms with Gasteiger partial charge in [0, 0.05) is 29.9 Å². The summed E-state index contributed by atoms with van der Waals surface area (Å²) in [4.78, 5) is 53.4. The van der Waals surface area contributed by atoms with E-state index in [4.69, 9.17) is 0 Å². The number of Topliss-reactive ketones (excluding diaryl/α,β-unsaturated/α-hetero) is 1. The van der Waals surface area contributed by atoms with Crippen molar-refractivity contribution in [3.8, 4) is 0 Å². The fourth-order valence-electron chi connectivity index (χ4n) is 3.66. The zero-order valence-corrected chi connectivity index (χ0v) is 17.1. The fourth-order valence-corrected chi connectivity index (χ4v) is 3.66. The lowest BCUT2D eigenvalue weighted by Gasteiger charge is -2.11. The summed E-state index contributed by atoms with van der Waals surface area (Å²) < 4.78 is 1.71. The number of fused-ring (bicyclic) bond motifs is 2. The quantitative estimate of drug-likeness (QED) is 0.502. The normalized spacial score (nSPS) is 13.2. The molecule has 0 bridgehead atoms. The maximum absolute atomic E-state index is 12.9. The van der Waals surface area contributed by atoms with E-state index in [0.29, 0.717) is 34.4 Å². The van der Waals surface area contributed by atoms with Gasteiger partial charge in [-0.3, -0.25) is 23.7 Å². The van der Waals surface area contributed by atoms with Crippen LogP contribution in [0.3, 0.4) is 0 Å². The molecule has 8 nitrogen and oxygen atoms in total. The third-order valence-electron chi connectivity index (χ3n) is 5.33. The molecule has 0 saturated carbocycles. The SMILES string of the molecule is CC(=O)c1ccc(NC(=O)C(=O)Nc2ccc3nc4n(c(=O)c3c2)CCCCC4)cc1. The lowest BCUT2D eigenvalue weighted by atomic mass is 10.1. The Labute approximate surface area is 178 Å². The van der Waals surface area contributed by atoms with Gasteiger partial charge in [-0.05, 0) is 62.2 Å². The summed E-state index contributed by atoms with van der Waals surface area (Å²) in [6, 6.07) is 11.1. The number of rotatable bonds is 3. The first kappa shape index (κ1) is 20.5. The van der Waals surface area contributed by atoms with Gasteiger partial charge in [0.2, 0.25) is 0 Å². The van der Waals surface area contributed by atoms with Crippen LogP contribution in [-0.2, 0) is 22.6 Å². The van der Waals surface area contributed by atoms with Crippen molar-refractivity contribution >= 4 is 39.9 Å². The highest BCUT2D eigenvalue weighted by atomic mass is 16.2. The lowest BCUT2D eigenvalue weighted by Crippen LogP contribution is -2.29. The molecule has 2 N–H and O–H groups in total. The summed E-state index contributed by atoms with van der Waals surface area (Å²) in [6.07, 6.45) is 3.78. The summed E-state index contributed by atoms with van der Waals surface area (Å²) in [6.45, 7) is 2.09. The zero-order chi connectivity index (χ0) is 22.0. The first-order chi connectivity index (χ1) is 14.9. The van der Waals surface area contributed by atoms with Crippen molar-refractivity contribution in [3.05, 3.63) is 64.2 Å². The Hall–Kier alpha value is -3.81. The number of hydrogen-bond donors (Lipinski definition) is 2. The van der Waals surface area contributed by atoms with Crippen molar-refractivity contribution in [2.45, 2.75) is 39.2 Å². The number of carbonyl (C=O) groups excluding carboxylic acids is 3. The van der Waals surface area contributed by atoms with Crippen molar-refractivity contribution in [1.82, 2.24) is 9.55 Å². The molecule has 0 atom stereocenters. The maximum Gasteiger partial charge on any atom is 0.314 e. The van der Waals surface area contributed by atoms with Crippen LogP contribution in [0, 0.1) is 0 Å². The smallest absolute Gasteiger partial charge is 0.314 e. The molecule has 1 aliphatic heterocycles. The molecule has 0 unspecified atom stereocenters. The number of nitrogens with zero attached hydrogens (tertiary/aromatic N) is 2. The summed E-state index contributed by atoms with van der Waals surface area (Å²) >= 11 is 0. The van der Waals surface area contributed by atoms with Gasteiger partial charge < -0.3 is 10.6 Å². The number of carbonyl (C=O) groups is 3. The third-order valence-corrected chi connectivity index (χ3v) is 5.33. The molecule has 158 valence electrons. The van der Waals surface area contributed by atoms with Crippen molar-refractivity contribution in [2.75, 3.05) is 10.6 Å². The van der Waals surface area contributed by atoms with E-state index in [-0.39, 0.29) is 11.3 Å². The molecule has 0 saturated heterocycles. The van der Waals surface area contributed by atoms with Gasteiger partial charge in [0.25, 0.3) is 5.56 Å². The molecule has 3 aromatic rings. The Morgan fingerprint density at radius 2 is 1.58 bits per heavy atom. The van der Waals surface area contributed by atoms with E-state index in [1.807, 2.05) is 0 Å². The minimum absolute atomic E-state index is 0.0887. The molecule has 0 aliphatic carbocycles. The highest BCUT2D eigenvalue weighted by molar-refractivity contribution is 6.43. The average Bonchev–Trinajstić information content (AvgIpc) is 3.00. The molecule has 0 radical (unpaired) electrons. The lowest BCUT2D eigenvalue weighted by molar-refractivity contribution is -0.132. The second kappa shape index (κ2) is 8.51. The Morgan fingerprint density at radius 1 is 0.903 bits per heavy atom. The van der Waals surface area contributed by atoms with Crippen LogP contribution in [-0.4, -0.2) is 27.1 Å². The topological polar surface area (TPSA) is 110 Å². The minimum atomic E-state index is -0.863. The molecule has 1 aromatic heterocycles. The van der Waals surface area contributed by atoms with Crippen LogP contribution in [0.4, 0.5) is 11.4 Å². The summed E-state index contributed by atoms with van der Waals surface area (Å²) in [5.74, 6) is -1.01. The number of anilines is 2. The molecule has 4 rings (SSSR count). The molecule has 8 heteroatoms. The number of benzene rings is 2. The standard InChI is InChI=1S/C23H22N4O4/c1-14(28)15-6-8-16(9-7-15)24-21(29)22(30)25-17-10-11-19-18(13-17)23(31)27-12-4-2-3-5-20(27)26-19/h6-11,13H,2-5,12H2,1H3,(H,24,29)(H,25,30). The minimum Gasteiger partial charge on any atom is -0.318 e. The van der Waals surface area contributed by atoms with Gasteiger partial charge >= 0.3 is 11.8 Å². The van der Waals surface area contributed by atoms with Crippen molar-refractivity contribution in [2.24, 2.45) is 0 Å². The average molecular weight is 418 g/mol. The molecule has 2 aromatic carbocycles. The van der Waals surface area contributed by atoms with E-state index in [0.717, 1.165) is 31.5 Å². The maximum atomic E-state index is 12.9. The van der Waals surface area contributed by atoms with Crippen LogP contribution in [0.5, 0.6) is 0 Å². The second-order valence-corrected chi connectivity index (χ2v) is 7.57. The van der Waals surface area contributed by atoms with Gasteiger partial charge in [-0.1, -0.05) is 6.42 Å². The van der Waals surface area contributed by atoms with Crippen LogP contribution in [0.25, 0.3) is 10.9 Å². The number of aryl methyl sites for hydroxylation is 1. The van der Waals surface area contributed by atoms with Gasteiger partial charge in [-0.15, -0.1) is 0 Å². The molecule has 2 amide bonds. The Bertz CT molecular complexity index is 1240. The van der Waals surface area contributed by atoms with Crippen molar-refractivity contribution in [1.29, 1.82) is 0 Å². The van der Waals surface area contributed by atoms with E-state index in [9.17, 15) is 19.2 Å². The van der Waals surface area contributed by atoms with E-state index < -0.39 is 11.8 Å². The van der Waals surface area contributed by atoms with Crippen LogP contribution >= 0.6 is 0 Å². The van der Waals surface area contributed by atoms with Crippen LogP contribution < -0.4 is 16.2 Å². The van der Waals surface area contributed by atoms with Crippen LogP contribution in [0.15, 0.2) is 47.3 Å². The predicted molar refractivity (Wildman–Crippen MR) is 117 cm³/mol. The Kier molecular flexibility index (Phi) is 5.62. The zero-order valence-electron chi connectivity index (χ0n) is 17.1. The Morgan fingerprint density at radius 3 is 2.29 bits per heavy atom. The van der Waals surface area contributed by atoms with Crippen LogP contribution in [0.1, 0.15) is 42.4 Å². The monoisotopic (exact) mass is 418 g/mol. The number of ketones is 1. The summed E-state index contributed by atoms with van der Waals surface area (Å²) in [7, 11) is 0. The van der Waals surface area contributed by atoms with E-state index >= 15 is 0 Å². The molecular weight excluding hydrogens is 396 g/mol. The number of amides is 2. The highest BCUT2D eigenvalue weighted by Crippen LogP contribution is 2.18. The molecule has 0 spiro atoms.